The minimum atomic E-state index is 0. The summed E-state index contributed by atoms with van der Waals surface area (Å²) in [7, 11) is 0. The van der Waals surface area contributed by atoms with Crippen molar-refractivity contribution in [2.45, 2.75) is 13.3 Å². The van der Waals surface area contributed by atoms with Crippen LogP contribution < -0.4 is 0 Å². The van der Waals surface area contributed by atoms with E-state index in [1.165, 1.54) is 0 Å². The zero-order valence-corrected chi connectivity index (χ0v) is 8.98. The fourth-order valence-corrected chi connectivity index (χ4v) is 0. The minimum Gasteiger partial charge on any atom is -0.677 e. The van der Waals surface area contributed by atoms with Crippen LogP contribution in [0, 0.1) is 29.7 Å². The van der Waals surface area contributed by atoms with Gasteiger partial charge in [0, 0.05) is 21.7 Å². The maximum absolute atomic E-state index is 6.45. The molecule has 0 aromatic rings. The zero-order valence-electron chi connectivity index (χ0n) is 7.41. The molecular weight excluding hydrogens is 146 g/mol. The molecule has 0 rings (SSSR count). The largest absolute Gasteiger partial charge is 0.677 e. The molecule has 1 nitrogen and oxygen atoms in total. The molecule has 1 N–H and O–H groups in total. The molecule has 0 heterocycles. The van der Waals surface area contributed by atoms with E-state index in [9.17, 15) is 0 Å². The first-order valence-corrected chi connectivity index (χ1v) is 1.56. The average Bonchev–Trinajstić information content (AvgIpc) is 1.37. The first-order valence-electron chi connectivity index (χ1n) is 1.56. The molecule has 0 aliphatic carbocycles. The van der Waals surface area contributed by atoms with Crippen molar-refractivity contribution in [3.63, 3.8) is 0 Å². The molecule has 9 heavy (non-hydrogen) atoms. The predicted molar refractivity (Wildman–Crippen MR) is 45.1 cm³/mol. The molecule has 0 amide bonds. The normalized spacial score (nSPS) is 3.33. The van der Waals surface area contributed by atoms with Gasteiger partial charge in [0.2, 0.25) is 0 Å². The van der Waals surface area contributed by atoms with Crippen LogP contribution in [-0.4, -0.2) is 6.54 Å². The summed E-state index contributed by atoms with van der Waals surface area (Å²) in [5, 5.41) is 0. The third kappa shape index (κ3) is 138. The van der Waals surface area contributed by atoms with Crippen LogP contribution in [0.25, 0.3) is 5.73 Å². The van der Waals surface area contributed by atoms with Gasteiger partial charge in [0.1, 0.15) is 0 Å². The van der Waals surface area contributed by atoms with Crippen LogP contribution in [0.1, 0.15) is 13.3 Å². The summed E-state index contributed by atoms with van der Waals surface area (Å²) in [6.07, 6.45) is 0.986. The third-order valence-corrected chi connectivity index (χ3v) is 0.250. The zero-order chi connectivity index (χ0) is 3.41. The number of hydrogen-bond donors (Lipinski definition) is 0. The monoisotopic (exact) mass is 166 g/mol. The van der Waals surface area contributed by atoms with E-state index in [-0.39, 0.29) is 51.4 Å². The van der Waals surface area contributed by atoms with Gasteiger partial charge in [-0.25, -0.2) is 0 Å². The van der Waals surface area contributed by atoms with Crippen molar-refractivity contribution in [3.05, 3.63) is 35.4 Å². The summed E-state index contributed by atoms with van der Waals surface area (Å²) >= 11 is 0. The topological polar surface area (TPSA) is 23.8 Å². The van der Waals surface area contributed by atoms with E-state index in [0.717, 1.165) is 6.42 Å². The van der Waals surface area contributed by atoms with Gasteiger partial charge in [0.25, 0.3) is 0 Å². The molecule has 0 fully saturated rings. The van der Waals surface area contributed by atoms with Crippen molar-refractivity contribution in [1.29, 1.82) is 0 Å². The van der Waals surface area contributed by atoms with Gasteiger partial charge in [-0.1, -0.05) is 13.3 Å². The Kier molecular flexibility index (Phi) is 428. The minimum absolute atomic E-state index is 0. The molecule has 0 saturated heterocycles. The molecular formula is C7H20NTi-5. The maximum Gasteiger partial charge on any atom is 0 e. The van der Waals surface area contributed by atoms with Crippen LogP contribution in [0.5, 0.6) is 0 Å². The summed E-state index contributed by atoms with van der Waals surface area (Å²) in [5.74, 6) is 0. The van der Waals surface area contributed by atoms with Crippen molar-refractivity contribution < 1.29 is 21.7 Å². The van der Waals surface area contributed by atoms with Crippen molar-refractivity contribution >= 4 is 0 Å². The maximum atomic E-state index is 6.45. The van der Waals surface area contributed by atoms with E-state index in [1.807, 2.05) is 6.92 Å². The average molecular weight is 166 g/mol. The SMILES string of the molecule is CCC[NH-].[CH3-].[CH3-].[CH3-].[CH3-].[Ti]. The number of hydrogen-bond acceptors (Lipinski definition) is 0. The predicted octanol–water partition coefficient (Wildman–Crippen LogP) is 3.25. The summed E-state index contributed by atoms with van der Waals surface area (Å²) in [4.78, 5) is 0. The quantitative estimate of drug-likeness (QED) is 0.421. The molecule has 0 radical (unpaired) electrons. The molecule has 0 aromatic carbocycles. The molecule has 0 atom stereocenters. The Morgan fingerprint density at radius 2 is 1.11 bits per heavy atom. The van der Waals surface area contributed by atoms with Gasteiger partial charge < -0.3 is 35.4 Å². The Balaban J connectivity index is -0.00000000450. The van der Waals surface area contributed by atoms with Gasteiger partial charge in [-0.3, -0.25) is 0 Å². The molecule has 62 valence electrons. The molecule has 0 aliphatic rings. The molecule has 0 aromatic heterocycles. The second kappa shape index (κ2) is 71.4. The standard InChI is InChI=1S/C3H8N.4CH3.Ti/c1-2-3-4;;;;;/h4H,2-3H2,1H3;4*1H3;/q5*-1;. The Labute approximate surface area is 77.3 Å². The fraction of sp³-hybridized carbons (Fsp3) is 0.429. The molecule has 0 aliphatic heterocycles. The molecule has 0 unspecified atom stereocenters. The van der Waals surface area contributed by atoms with Crippen LogP contribution >= 0.6 is 0 Å². The van der Waals surface area contributed by atoms with Gasteiger partial charge in [-0.2, -0.15) is 6.54 Å². The van der Waals surface area contributed by atoms with Crippen molar-refractivity contribution in [1.82, 2.24) is 0 Å². The van der Waals surface area contributed by atoms with Gasteiger partial charge in [0.05, 0.1) is 0 Å². The smallest absolute Gasteiger partial charge is 0 e. The third-order valence-electron chi connectivity index (χ3n) is 0.250. The molecule has 2 heteroatoms. The van der Waals surface area contributed by atoms with Crippen molar-refractivity contribution in [3.8, 4) is 0 Å². The molecule has 0 spiro atoms. The first kappa shape index (κ1) is 53.9. The Bertz CT molecular complexity index is 10.9. The van der Waals surface area contributed by atoms with Crippen LogP contribution in [0.15, 0.2) is 0 Å². The summed E-state index contributed by atoms with van der Waals surface area (Å²) < 4.78 is 0. The first-order chi connectivity index (χ1) is 1.91. The van der Waals surface area contributed by atoms with E-state index >= 15 is 0 Å². The van der Waals surface area contributed by atoms with Crippen LogP contribution in [0.4, 0.5) is 0 Å². The van der Waals surface area contributed by atoms with Gasteiger partial charge in [-0.05, 0) is 0 Å². The summed E-state index contributed by atoms with van der Waals surface area (Å²) in [6, 6.07) is 0. The van der Waals surface area contributed by atoms with Crippen LogP contribution in [-0.2, 0) is 21.7 Å². The Morgan fingerprint density at radius 1 is 1.00 bits per heavy atom. The van der Waals surface area contributed by atoms with Crippen molar-refractivity contribution in [2.24, 2.45) is 0 Å². The van der Waals surface area contributed by atoms with E-state index in [2.05, 4.69) is 0 Å². The summed E-state index contributed by atoms with van der Waals surface area (Å²) in [5.41, 5.74) is 6.45. The molecule has 0 saturated carbocycles. The van der Waals surface area contributed by atoms with Gasteiger partial charge >= 0.3 is 0 Å². The number of nitrogens with one attached hydrogen (secondary N) is 1. The summed E-state index contributed by atoms with van der Waals surface area (Å²) in [6.45, 7) is 2.56. The molecule has 0 bridgehead atoms. The van der Waals surface area contributed by atoms with Crippen molar-refractivity contribution in [2.75, 3.05) is 6.54 Å². The van der Waals surface area contributed by atoms with Crippen LogP contribution in [0.2, 0.25) is 0 Å². The fourth-order valence-electron chi connectivity index (χ4n) is 0. The Morgan fingerprint density at radius 3 is 1.11 bits per heavy atom. The second-order valence-corrected chi connectivity index (χ2v) is 0.750. The number of rotatable bonds is 1. The van der Waals surface area contributed by atoms with E-state index in [1.54, 1.807) is 0 Å². The second-order valence-electron chi connectivity index (χ2n) is 0.750. The van der Waals surface area contributed by atoms with Gasteiger partial charge in [-0.15, -0.1) is 0 Å². The van der Waals surface area contributed by atoms with E-state index in [4.69, 9.17) is 5.73 Å². The van der Waals surface area contributed by atoms with E-state index < -0.39 is 0 Å². The van der Waals surface area contributed by atoms with Gasteiger partial charge in [0.15, 0.2) is 0 Å². The van der Waals surface area contributed by atoms with E-state index in [0.29, 0.717) is 6.54 Å². The van der Waals surface area contributed by atoms with Crippen LogP contribution in [0.3, 0.4) is 0 Å². The Hall–Kier alpha value is 0.674.